The summed E-state index contributed by atoms with van der Waals surface area (Å²) in [4.78, 5) is 2.50. The van der Waals surface area contributed by atoms with Crippen LogP contribution in [0.5, 0.6) is 0 Å². The largest absolute Gasteiger partial charge is 0.372 e. The van der Waals surface area contributed by atoms with Gasteiger partial charge in [0, 0.05) is 35.5 Å². The molecule has 5 heteroatoms. The van der Waals surface area contributed by atoms with Crippen molar-refractivity contribution >= 4 is 16.8 Å². The molecule has 5 nitrogen and oxygen atoms in total. The van der Waals surface area contributed by atoms with Crippen LogP contribution in [0.15, 0.2) is 59.7 Å². The molecule has 316 valence electrons. The van der Waals surface area contributed by atoms with Gasteiger partial charge in [-0.1, -0.05) is 211 Å². The quantitative estimate of drug-likeness (QED) is 0.0304. The van der Waals surface area contributed by atoms with Gasteiger partial charge in [0.2, 0.25) is 0 Å². The van der Waals surface area contributed by atoms with E-state index in [1.54, 1.807) is 24.3 Å². The van der Waals surface area contributed by atoms with Crippen LogP contribution in [0.25, 0.3) is 11.1 Å². The Balaban J connectivity index is 2.07. The number of benzene rings is 2. The van der Waals surface area contributed by atoms with Gasteiger partial charge in [-0.15, -0.1) is 6.42 Å². The normalized spacial score (nSPS) is 10.5. The summed E-state index contributed by atoms with van der Waals surface area (Å²) < 4.78 is 0. The standard InChI is InChI=1S/C54H75N5/c1-4-7-9-11-13-15-17-19-21-23-25-27-29-31-41-59(42-32-30-28-26-24-22-20-18-16-14-12-10-8-5-2)52-39-37-49(38-40-52)54(51(45-57)46-58)53(50(43-55)44-56)48-35-33-47(6-3)34-36-48/h3,33-40H,4-5,7-32,41-42H2,1-2H3. The first-order valence-corrected chi connectivity index (χ1v) is 23.6. The van der Waals surface area contributed by atoms with Gasteiger partial charge < -0.3 is 4.90 Å². The summed E-state index contributed by atoms with van der Waals surface area (Å²) in [6.07, 6.45) is 43.1. The maximum atomic E-state index is 10.1. The van der Waals surface area contributed by atoms with Crippen molar-refractivity contribution in [3.8, 4) is 36.6 Å². The second-order valence-corrected chi connectivity index (χ2v) is 16.4. The molecule has 0 aromatic heterocycles. The first-order chi connectivity index (χ1) is 29.1. The topological polar surface area (TPSA) is 98.4 Å². The molecule has 0 N–H and O–H groups in total. The molecule has 0 aliphatic heterocycles. The average Bonchev–Trinajstić information content (AvgIpc) is 3.27. The lowest BCUT2D eigenvalue weighted by Crippen LogP contribution is -2.25. The molecule has 59 heavy (non-hydrogen) atoms. The van der Waals surface area contributed by atoms with E-state index in [0.717, 1.165) is 31.6 Å². The zero-order chi connectivity index (χ0) is 42.6. The molecule has 2 aromatic carbocycles. The van der Waals surface area contributed by atoms with Crippen LogP contribution in [0, 0.1) is 57.7 Å². The van der Waals surface area contributed by atoms with Crippen molar-refractivity contribution < 1.29 is 0 Å². The molecule has 2 rings (SSSR count). The molecule has 0 saturated heterocycles. The van der Waals surface area contributed by atoms with Crippen LogP contribution in [-0.2, 0) is 0 Å². The number of anilines is 1. The Morgan fingerprint density at radius 1 is 0.407 bits per heavy atom. The second-order valence-electron chi connectivity index (χ2n) is 16.4. The average molecular weight is 794 g/mol. The van der Waals surface area contributed by atoms with E-state index < -0.39 is 0 Å². The van der Waals surface area contributed by atoms with Gasteiger partial charge in [0.05, 0.1) is 0 Å². The maximum absolute atomic E-state index is 10.1. The molecule has 0 spiro atoms. The summed E-state index contributed by atoms with van der Waals surface area (Å²) in [6.45, 7) is 6.53. The molecule has 0 atom stereocenters. The lowest BCUT2D eigenvalue weighted by Gasteiger charge is -2.26. The second kappa shape index (κ2) is 34.1. The van der Waals surface area contributed by atoms with Gasteiger partial charge in [0.25, 0.3) is 0 Å². The first kappa shape index (κ1) is 50.4. The fourth-order valence-corrected chi connectivity index (χ4v) is 8.04. The van der Waals surface area contributed by atoms with Crippen LogP contribution in [0.4, 0.5) is 5.69 Å². The van der Waals surface area contributed by atoms with Gasteiger partial charge in [-0.3, -0.25) is 0 Å². The summed E-state index contributed by atoms with van der Waals surface area (Å²) in [7, 11) is 0. The van der Waals surface area contributed by atoms with Gasteiger partial charge in [-0.05, 0) is 48.2 Å². The van der Waals surface area contributed by atoms with Crippen LogP contribution < -0.4 is 4.90 Å². The van der Waals surface area contributed by atoms with E-state index in [9.17, 15) is 21.0 Å². The molecule has 0 unspecified atom stereocenters. The van der Waals surface area contributed by atoms with Crippen LogP contribution in [-0.4, -0.2) is 13.1 Å². The highest BCUT2D eigenvalue weighted by Gasteiger charge is 2.21. The van der Waals surface area contributed by atoms with Gasteiger partial charge in [0.1, 0.15) is 35.4 Å². The van der Waals surface area contributed by atoms with Crippen LogP contribution >= 0.6 is 0 Å². The van der Waals surface area contributed by atoms with Crippen LogP contribution in [0.3, 0.4) is 0 Å². The number of hydrogen-bond donors (Lipinski definition) is 0. The van der Waals surface area contributed by atoms with Gasteiger partial charge in [-0.2, -0.15) is 21.0 Å². The lowest BCUT2D eigenvalue weighted by atomic mass is 9.86. The minimum Gasteiger partial charge on any atom is -0.372 e. The third-order valence-electron chi connectivity index (χ3n) is 11.6. The maximum Gasteiger partial charge on any atom is 0.138 e. The molecule has 0 radical (unpaired) electrons. The van der Waals surface area contributed by atoms with Gasteiger partial charge >= 0.3 is 0 Å². The molecular formula is C54H75N5. The van der Waals surface area contributed by atoms with E-state index in [2.05, 4.69) is 36.8 Å². The predicted molar refractivity (Wildman–Crippen MR) is 250 cm³/mol. The third-order valence-corrected chi connectivity index (χ3v) is 11.6. The minimum absolute atomic E-state index is 0.154. The Morgan fingerprint density at radius 3 is 0.949 bits per heavy atom. The van der Waals surface area contributed by atoms with E-state index >= 15 is 0 Å². The number of rotatable bonds is 34. The number of nitriles is 4. The third kappa shape index (κ3) is 21.2. The van der Waals surface area contributed by atoms with E-state index in [1.165, 1.54) is 167 Å². The number of allylic oxidation sites excluding steroid dienone is 4. The Kier molecular flexibility index (Phi) is 29.2. The van der Waals surface area contributed by atoms with Crippen molar-refractivity contribution in [3.05, 3.63) is 76.4 Å². The minimum atomic E-state index is -0.169. The van der Waals surface area contributed by atoms with Crippen LogP contribution in [0.2, 0.25) is 0 Å². The molecule has 0 aliphatic rings. The van der Waals surface area contributed by atoms with Gasteiger partial charge in [-0.25, -0.2) is 0 Å². The van der Waals surface area contributed by atoms with E-state index in [-0.39, 0.29) is 22.3 Å². The SMILES string of the molecule is C#Cc1ccc(C(=C(C#N)C#N)C(=C(C#N)C#N)c2ccc(N(CCCCCCCCCCCCCCCC)CCCCCCCCCCCCCCCC)cc2)cc1. The molecular weight excluding hydrogens is 719 g/mol. The lowest BCUT2D eigenvalue weighted by molar-refractivity contribution is 0.529. The number of hydrogen-bond acceptors (Lipinski definition) is 5. The summed E-state index contributed by atoms with van der Waals surface area (Å²) in [5.74, 6) is 2.59. The predicted octanol–water partition coefficient (Wildman–Crippen LogP) is 15.7. The zero-order valence-corrected chi connectivity index (χ0v) is 37.1. The zero-order valence-electron chi connectivity index (χ0n) is 37.1. The molecule has 0 amide bonds. The van der Waals surface area contributed by atoms with Crippen molar-refractivity contribution in [1.82, 2.24) is 0 Å². The Hall–Kier alpha value is -4.76. The highest BCUT2D eigenvalue weighted by molar-refractivity contribution is 6.11. The molecule has 0 saturated carbocycles. The van der Waals surface area contributed by atoms with Crippen LogP contribution in [0.1, 0.15) is 210 Å². The van der Waals surface area contributed by atoms with E-state index in [4.69, 9.17) is 6.42 Å². The number of unbranched alkanes of at least 4 members (excludes halogenated alkanes) is 26. The number of terminal acetylenes is 1. The first-order valence-electron chi connectivity index (χ1n) is 23.6. The summed E-state index contributed by atoms with van der Waals surface area (Å²) in [6, 6.07) is 22.9. The van der Waals surface area contributed by atoms with Crippen molar-refractivity contribution in [2.45, 2.75) is 194 Å². The van der Waals surface area contributed by atoms with E-state index in [1.807, 2.05) is 36.4 Å². The smallest absolute Gasteiger partial charge is 0.138 e. The Morgan fingerprint density at radius 2 is 0.678 bits per heavy atom. The summed E-state index contributed by atoms with van der Waals surface area (Å²) in [5.41, 5.74) is 3.12. The Labute approximate surface area is 361 Å². The van der Waals surface area contributed by atoms with Crippen molar-refractivity contribution in [2.75, 3.05) is 18.0 Å². The molecule has 2 aromatic rings. The highest BCUT2D eigenvalue weighted by Crippen LogP contribution is 2.37. The molecule has 0 heterocycles. The fourth-order valence-electron chi connectivity index (χ4n) is 8.04. The summed E-state index contributed by atoms with van der Waals surface area (Å²) in [5, 5.41) is 40.1. The monoisotopic (exact) mass is 794 g/mol. The number of nitrogens with zero attached hydrogens (tertiary/aromatic N) is 5. The summed E-state index contributed by atoms with van der Waals surface area (Å²) >= 11 is 0. The molecule has 0 fully saturated rings. The van der Waals surface area contributed by atoms with Crippen molar-refractivity contribution in [3.63, 3.8) is 0 Å². The molecule has 0 bridgehead atoms. The molecule has 0 aliphatic carbocycles. The Bertz CT molecular complexity index is 1630. The van der Waals surface area contributed by atoms with Crippen molar-refractivity contribution in [2.24, 2.45) is 0 Å². The van der Waals surface area contributed by atoms with Gasteiger partial charge in [0.15, 0.2) is 0 Å². The highest BCUT2D eigenvalue weighted by atomic mass is 15.1. The fraction of sp³-hybridized carbons (Fsp3) is 0.593. The van der Waals surface area contributed by atoms with Crippen molar-refractivity contribution in [1.29, 1.82) is 21.0 Å². The van der Waals surface area contributed by atoms with E-state index in [0.29, 0.717) is 16.7 Å².